The van der Waals surface area contributed by atoms with Crippen LogP contribution in [0, 0.1) is 0 Å². The summed E-state index contributed by atoms with van der Waals surface area (Å²) in [5, 5.41) is 0. The number of hydrogen-bond donors (Lipinski definition) is 2. The van der Waals surface area contributed by atoms with E-state index in [1.165, 1.54) is 12.1 Å². The van der Waals surface area contributed by atoms with Crippen LogP contribution in [-0.2, 0) is 10.0 Å². The van der Waals surface area contributed by atoms with Gasteiger partial charge in [0.25, 0.3) is 0 Å². The molecule has 5 nitrogen and oxygen atoms in total. The molecule has 9 heteroatoms. The first-order valence-corrected chi connectivity index (χ1v) is 7.28. The maximum absolute atomic E-state index is 12.1. The normalized spacial score (nSPS) is 12.4. The maximum Gasteiger partial charge on any atom is 0.573 e. The van der Waals surface area contributed by atoms with E-state index >= 15 is 0 Å². The smallest absolute Gasteiger partial charge is 0.406 e. The molecule has 1 rings (SSSR count). The summed E-state index contributed by atoms with van der Waals surface area (Å²) >= 11 is 0. The Balaban J connectivity index is 2.77. The molecule has 0 amide bonds. The molecule has 0 bridgehead atoms. The Morgan fingerprint density at radius 2 is 1.95 bits per heavy atom. The molecule has 0 aliphatic carbocycles. The molecule has 0 aromatic heterocycles. The molecule has 3 N–H and O–H groups in total. The van der Waals surface area contributed by atoms with Crippen molar-refractivity contribution in [2.75, 3.05) is 13.1 Å². The molecule has 0 fully saturated rings. The number of hydrogen-bond acceptors (Lipinski definition) is 4. The highest BCUT2D eigenvalue weighted by atomic mass is 32.2. The summed E-state index contributed by atoms with van der Waals surface area (Å²) in [6.45, 7) is 0.612. The number of unbranched alkanes of at least 4 members (excludes halogenated alkanes) is 1. The first kappa shape index (κ1) is 16.7. The molecule has 0 unspecified atom stereocenters. The Morgan fingerprint density at radius 3 is 2.55 bits per heavy atom. The number of rotatable bonds is 7. The Kier molecular flexibility index (Phi) is 5.78. The van der Waals surface area contributed by atoms with Gasteiger partial charge in [-0.3, -0.25) is 0 Å². The van der Waals surface area contributed by atoms with Crippen LogP contribution in [0.4, 0.5) is 13.2 Å². The summed E-state index contributed by atoms with van der Waals surface area (Å²) in [6, 6.07) is 4.21. The molecule has 0 atom stereocenters. The van der Waals surface area contributed by atoms with Crippen LogP contribution in [-0.4, -0.2) is 27.9 Å². The highest BCUT2D eigenvalue weighted by Crippen LogP contribution is 2.24. The van der Waals surface area contributed by atoms with Crippen molar-refractivity contribution in [2.24, 2.45) is 5.73 Å². The van der Waals surface area contributed by atoms with Crippen LogP contribution in [0.3, 0.4) is 0 Å². The minimum atomic E-state index is -4.86. The van der Waals surface area contributed by atoms with E-state index < -0.39 is 22.1 Å². The van der Waals surface area contributed by atoms with Crippen molar-refractivity contribution in [3.05, 3.63) is 24.3 Å². The second-order valence-electron chi connectivity index (χ2n) is 3.92. The van der Waals surface area contributed by atoms with Crippen LogP contribution in [0.1, 0.15) is 12.8 Å². The Bertz CT molecular complexity index is 532. The van der Waals surface area contributed by atoms with Crippen LogP contribution in [0.5, 0.6) is 5.75 Å². The molecule has 0 radical (unpaired) electrons. The lowest BCUT2D eigenvalue weighted by atomic mass is 10.3. The lowest BCUT2D eigenvalue weighted by Gasteiger charge is -2.11. The third kappa shape index (κ3) is 5.76. The van der Waals surface area contributed by atoms with Crippen LogP contribution >= 0.6 is 0 Å². The van der Waals surface area contributed by atoms with Gasteiger partial charge in [0, 0.05) is 12.6 Å². The van der Waals surface area contributed by atoms with Crippen LogP contribution in [0.25, 0.3) is 0 Å². The lowest BCUT2D eigenvalue weighted by Crippen LogP contribution is -2.25. The first-order chi connectivity index (χ1) is 9.24. The molecule has 0 saturated heterocycles. The SMILES string of the molecule is NCCCCNS(=O)(=O)c1cccc(OC(F)(F)F)c1. The molecular formula is C11H15F3N2O3S. The van der Waals surface area contributed by atoms with Crippen molar-refractivity contribution < 1.29 is 26.3 Å². The third-order valence-electron chi connectivity index (χ3n) is 2.27. The van der Waals surface area contributed by atoms with Crippen molar-refractivity contribution in [2.45, 2.75) is 24.1 Å². The molecule has 20 heavy (non-hydrogen) atoms. The molecule has 0 aliphatic heterocycles. The fourth-order valence-electron chi connectivity index (χ4n) is 1.40. The van der Waals surface area contributed by atoms with E-state index in [1.54, 1.807) is 0 Å². The highest BCUT2D eigenvalue weighted by molar-refractivity contribution is 7.89. The topological polar surface area (TPSA) is 81.4 Å². The number of sulfonamides is 1. The fourth-order valence-corrected chi connectivity index (χ4v) is 2.51. The second kappa shape index (κ2) is 6.91. The molecule has 0 heterocycles. The van der Waals surface area contributed by atoms with Gasteiger partial charge in [-0.1, -0.05) is 6.07 Å². The number of benzene rings is 1. The molecule has 0 aliphatic rings. The van der Waals surface area contributed by atoms with E-state index in [-0.39, 0.29) is 11.4 Å². The zero-order chi connectivity index (χ0) is 15.2. The second-order valence-corrected chi connectivity index (χ2v) is 5.68. The zero-order valence-electron chi connectivity index (χ0n) is 10.5. The average molecular weight is 312 g/mol. The van der Waals surface area contributed by atoms with Gasteiger partial charge in [0.05, 0.1) is 4.90 Å². The quantitative estimate of drug-likeness (QED) is 0.749. The molecule has 0 spiro atoms. The van der Waals surface area contributed by atoms with Gasteiger partial charge in [0.1, 0.15) is 5.75 Å². The van der Waals surface area contributed by atoms with Gasteiger partial charge in [-0.05, 0) is 31.5 Å². The standard InChI is InChI=1S/C11H15F3N2O3S/c12-11(13,14)19-9-4-3-5-10(8-9)20(17,18)16-7-2-1-6-15/h3-5,8,16H,1-2,6-7,15H2. The third-order valence-corrected chi connectivity index (χ3v) is 3.73. The molecule has 1 aromatic carbocycles. The van der Waals surface area contributed by atoms with E-state index in [2.05, 4.69) is 9.46 Å². The number of nitrogens with two attached hydrogens (primary N) is 1. The summed E-state index contributed by atoms with van der Waals surface area (Å²) < 4.78 is 65.8. The van der Waals surface area contributed by atoms with Crippen molar-refractivity contribution >= 4 is 10.0 Å². The largest absolute Gasteiger partial charge is 0.573 e. The average Bonchev–Trinajstić information content (AvgIpc) is 2.33. The van der Waals surface area contributed by atoms with Crippen LogP contribution < -0.4 is 15.2 Å². The van der Waals surface area contributed by atoms with Crippen LogP contribution in [0.15, 0.2) is 29.2 Å². The van der Waals surface area contributed by atoms with Gasteiger partial charge >= 0.3 is 6.36 Å². The van der Waals surface area contributed by atoms with Gasteiger partial charge in [-0.15, -0.1) is 13.2 Å². The summed E-state index contributed by atoms with van der Waals surface area (Å²) in [7, 11) is -3.86. The summed E-state index contributed by atoms with van der Waals surface area (Å²) in [4.78, 5) is -0.285. The monoisotopic (exact) mass is 312 g/mol. The van der Waals surface area contributed by atoms with Crippen molar-refractivity contribution in [1.29, 1.82) is 0 Å². The van der Waals surface area contributed by atoms with Gasteiger partial charge < -0.3 is 10.5 Å². The van der Waals surface area contributed by atoms with Gasteiger partial charge in [0.15, 0.2) is 0 Å². The van der Waals surface area contributed by atoms with Gasteiger partial charge in [-0.25, -0.2) is 13.1 Å². The number of ether oxygens (including phenoxy) is 1. The van der Waals surface area contributed by atoms with E-state index in [0.29, 0.717) is 19.4 Å². The zero-order valence-corrected chi connectivity index (χ0v) is 11.3. The molecule has 0 saturated carbocycles. The van der Waals surface area contributed by atoms with Gasteiger partial charge in [0.2, 0.25) is 10.0 Å². The van der Waals surface area contributed by atoms with E-state index in [4.69, 9.17) is 5.73 Å². The lowest BCUT2D eigenvalue weighted by molar-refractivity contribution is -0.274. The van der Waals surface area contributed by atoms with Crippen molar-refractivity contribution in [1.82, 2.24) is 4.72 Å². The van der Waals surface area contributed by atoms with E-state index in [0.717, 1.165) is 12.1 Å². The first-order valence-electron chi connectivity index (χ1n) is 5.80. The predicted molar refractivity (Wildman–Crippen MR) is 66.6 cm³/mol. The Morgan fingerprint density at radius 1 is 1.25 bits per heavy atom. The fraction of sp³-hybridized carbons (Fsp3) is 0.455. The summed E-state index contributed by atoms with van der Waals surface area (Å²) in [5.41, 5.74) is 5.27. The minimum Gasteiger partial charge on any atom is -0.406 e. The number of alkyl halides is 3. The predicted octanol–water partition coefficient (Wildman–Crippen LogP) is 1.60. The maximum atomic E-state index is 12.1. The molecule has 1 aromatic rings. The van der Waals surface area contributed by atoms with Gasteiger partial charge in [-0.2, -0.15) is 0 Å². The number of halogens is 3. The minimum absolute atomic E-state index is 0.171. The van der Waals surface area contributed by atoms with E-state index in [9.17, 15) is 21.6 Å². The Hall–Kier alpha value is -1.32. The summed E-state index contributed by atoms with van der Waals surface area (Å²) in [5.74, 6) is -0.581. The van der Waals surface area contributed by atoms with Crippen molar-refractivity contribution in [3.8, 4) is 5.75 Å². The Labute approximate surface area is 115 Å². The number of nitrogens with one attached hydrogen (secondary N) is 1. The molecule has 114 valence electrons. The van der Waals surface area contributed by atoms with E-state index in [1.807, 2.05) is 0 Å². The van der Waals surface area contributed by atoms with Crippen molar-refractivity contribution in [3.63, 3.8) is 0 Å². The van der Waals surface area contributed by atoms with Crippen LogP contribution in [0.2, 0.25) is 0 Å². The molecular weight excluding hydrogens is 297 g/mol. The highest BCUT2D eigenvalue weighted by Gasteiger charge is 2.31. The summed E-state index contributed by atoms with van der Waals surface area (Å²) in [6.07, 6.45) is -3.66.